The highest BCUT2D eigenvalue weighted by atomic mass is 16.5. The highest BCUT2D eigenvalue weighted by Gasteiger charge is 2.12. The van der Waals surface area contributed by atoms with Gasteiger partial charge in [0.2, 0.25) is 5.91 Å². The maximum absolute atomic E-state index is 11.9. The van der Waals surface area contributed by atoms with Gasteiger partial charge in [0.1, 0.15) is 5.75 Å². The van der Waals surface area contributed by atoms with Gasteiger partial charge >= 0.3 is 0 Å². The van der Waals surface area contributed by atoms with E-state index in [0.717, 1.165) is 16.9 Å². The molecule has 0 aliphatic heterocycles. The molecule has 0 aromatic heterocycles. The van der Waals surface area contributed by atoms with Crippen LogP contribution in [0.5, 0.6) is 5.75 Å². The van der Waals surface area contributed by atoms with E-state index in [1.807, 2.05) is 45.0 Å². The van der Waals surface area contributed by atoms with Crippen molar-refractivity contribution in [3.63, 3.8) is 0 Å². The molecule has 1 amide bonds. The van der Waals surface area contributed by atoms with Crippen LogP contribution in [0.25, 0.3) is 5.57 Å². The number of rotatable bonds is 6. The number of allylic oxidation sites excluding steroid dienone is 1. The number of aliphatic hydroxyl groups excluding tert-OH is 1. The molecular weight excluding hydrogens is 254 g/mol. The average Bonchev–Trinajstić information content (AvgIpc) is 2.46. The Balaban J connectivity index is 2.74. The lowest BCUT2D eigenvalue weighted by molar-refractivity contribution is -0.117. The van der Waals surface area contributed by atoms with Crippen molar-refractivity contribution in [1.82, 2.24) is 5.32 Å². The summed E-state index contributed by atoms with van der Waals surface area (Å²) in [6.45, 7) is 5.71. The van der Waals surface area contributed by atoms with Crippen LogP contribution >= 0.6 is 0 Å². The maximum Gasteiger partial charge on any atom is 0.244 e. The molecule has 0 saturated carbocycles. The number of methoxy groups -OCH3 is 1. The third-order valence-electron chi connectivity index (χ3n) is 3.38. The van der Waals surface area contributed by atoms with Gasteiger partial charge in [-0.25, -0.2) is 0 Å². The van der Waals surface area contributed by atoms with Crippen molar-refractivity contribution >= 4 is 11.5 Å². The SMILES string of the molecule is COc1cccc(/C(C)=C/C(=O)NC(C)C(C)CO)c1. The van der Waals surface area contributed by atoms with Crippen LogP contribution in [0.1, 0.15) is 26.3 Å². The number of nitrogens with one attached hydrogen (secondary N) is 1. The molecule has 0 bridgehead atoms. The van der Waals surface area contributed by atoms with Crippen LogP contribution in [0.4, 0.5) is 0 Å². The molecule has 110 valence electrons. The molecular formula is C16H23NO3. The lowest BCUT2D eigenvalue weighted by atomic mass is 10.0. The van der Waals surface area contributed by atoms with E-state index in [0.29, 0.717) is 0 Å². The van der Waals surface area contributed by atoms with Gasteiger partial charge in [0.25, 0.3) is 0 Å². The highest BCUT2D eigenvalue weighted by Crippen LogP contribution is 2.19. The van der Waals surface area contributed by atoms with Crippen molar-refractivity contribution in [1.29, 1.82) is 0 Å². The molecule has 4 nitrogen and oxygen atoms in total. The van der Waals surface area contributed by atoms with E-state index in [-0.39, 0.29) is 24.5 Å². The molecule has 1 aromatic carbocycles. The standard InChI is InChI=1S/C16H23NO3/c1-11(14-6-5-7-15(9-14)20-4)8-16(19)17-13(3)12(2)10-18/h5-9,12-13,18H,10H2,1-4H3,(H,17,19)/b11-8+. The summed E-state index contributed by atoms with van der Waals surface area (Å²) in [4.78, 5) is 11.9. The Morgan fingerprint density at radius 3 is 2.75 bits per heavy atom. The molecule has 0 spiro atoms. The van der Waals surface area contributed by atoms with E-state index in [1.165, 1.54) is 0 Å². The normalized spacial score (nSPS) is 14.6. The number of hydrogen-bond donors (Lipinski definition) is 2. The lowest BCUT2D eigenvalue weighted by Gasteiger charge is -2.18. The third kappa shape index (κ3) is 4.70. The zero-order chi connectivity index (χ0) is 15.1. The van der Waals surface area contributed by atoms with Crippen LogP contribution in [-0.2, 0) is 4.79 Å². The van der Waals surface area contributed by atoms with Crippen molar-refractivity contribution in [3.05, 3.63) is 35.9 Å². The summed E-state index contributed by atoms with van der Waals surface area (Å²) in [5.74, 6) is 0.639. The van der Waals surface area contributed by atoms with Crippen molar-refractivity contribution in [3.8, 4) is 5.75 Å². The van der Waals surface area contributed by atoms with Crippen molar-refractivity contribution in [2.45, 2.75) is 26.8 Å². The van der Waals surface area contributed by atoms with Crippen molar-refractivity contribution in [2.24, 2.45) is 5.92 Å². The molecule has 20 heavy (non-hydrogen) atoms. The molecule has 2 atom stereocenters. The van der Waals surface area contributed by atoms with Crippen LogP contribution in [0.3, 0.4) is 0 Å². The monoisotopic (exact) mass is 277 g/mol. The number of amides is 1. The molecule has 4 heteroatoms. The second kappa shape index (κ2) is 7.70. The predicted octanol–water partition coefficient (Wildman–Crippen LogP) is 2.23. The fourth-order valence-electron chi connectivity index (χ4n) is 1.71. The summed E-state index contributed by atoms with van der Waals surface area (Å²) in [6, 6.07) is 7.50. The predicted molar refractivity (Wildman–Crippen MR) is 80.5 cm³/mol. The second-order valence-corrected chi connectivity index (χ2v) is 5.02. The molecule has 2 unspecified atom stereocenters. The number of carbonyl (C=O) groups is 1. The van der Waals surface area contributed by atoms with Crippen molar-refractivity contribution in [2.75, 3.05) is 13.7 Å². The minimum atomic E-state index is -0.155. The minimum absolute atomic E-state index is 0.0319. The number of benzene rings is 1. The van der Waals surface area contributed by atoms with Gasteiger partial charge in [0, 0.05) is 18.7 Å². The number of ether oxygens (including phenoxy) is 1. The van der Waals surface area contributed by atoms with Gasteiger partial charge in [-0.3, -0.25) is 4.79 Å². The van der Waals surface area contributed by atoms with Crippen molar-refractivity contribution < 1.29 is 14.6 Å². The fraction of sp³-hybridized carbons (Fsp3) is 0.438. The smallest absolute Gasteiger partial charge is 0.244 e. The third-order valence-corrected chi connectivity index (χ3v) is 3.38. The average molecular weight is 277 g/mol. The number of hydrogen-bond acceptors (Lipinski definition) is 3. The summed E-state index contributed by atoms with van der Waals surface area (Å²) >= 11 is 0. The molecule has 1 rings (SSSR count). The zero-order valence-corrected chi connectivity index (χ0v) is 12.5. The largest absolute Gasteiger partial charge is 0.497 e. The Morgan fingerprint density at radius 2 is 2.15 bits per heavy atom. The van der Waals surface area contributed by atoms with Gasteiger partial charge in [0.05, 0.1) is 7.11 Å². The molecule has 0 saturated heterocycles. The van der Waals surface area contributed by atoms with Gasteiger partial charge in [-0.05, 0) is 43.0 Å². The Morgan fingerprint density at radius 1 is 1.45 bits per heavy atom. The first-order chi connectivity index (χ1) is 9.47. The molecule has 0 fully saturated rings. The van der Waals surface area contributed by atoms with Crippen LogP contribution in [-0.4, -0.2) is 30.8 Å². The maximum atomic E-state index is 11.9. The molecule has 0 radical (unpaired) electrons. The van der Waals surface area contributed by atoms with E-state index in [2.05, 4.69) is 5.32 Å². The topological polar surface area (TPSA) is 58.6 Å². The fourth-order valence-corrected chi connectivity index (χ4v) is 1.71. The van der Waals surface area contributed by atoms with Gasteiger partial charge in [0.15, 0.2) is 0 Å². The highest BCUT2D eigenvalue weighted by molar-refractivity contribution is 5.95. The van der Waals surface area contributed by atoms with Gasteiger partial charge in [-0.15, -0.1) is 0 Å². The van der Waals surface area contributed by atoms with Gasteiger partial charge in [-0.1, -0.05) is 19.1 Å². The van der Waals surface area contributed by atoms with E-state index in [1.54, 1.807) is 13.2 Å². The number of aliphatic hydroxyl groups is 1. The summed E-state index contributed by atoms with van der Waals surface area (Å²) in [5.41, 5.74) is 1.81. The molecule has 1 aromatic rings. The molecule has 0 aliphatic rings. The van der Waals surface area contributed by atoms with Crippen LogP contribution in [0.15, 0.2) is 30.3 Å². The Labute approximate surface area is 120 Å². The van der Waals surface area contributed by atoms with Crippen LogP contribution in [0, 0.1) is 5.92 Å². The summed E-state index contributed by atoms with van der Waals surface area (Å²) in [5, 5.41) is 11.9. The second-order valence-electron chi connectivity index (χ2n) is 5.02. The van der Waals surface area contributed by atoms with E-state index >= 15 is 0 Å². The van der Waals surface area contributed by atoms with Gasteiger partial charge < -0.3 is 15.2 Å². The zero-order valence-electron chi connectivity index (χ0n) is 12.5. The first-order valence-corrected chi connectivity index (χ1v) is 6.72. The molecule has 0 aliphatic carbocycles. The quantitative estimate of drug-likeness (QED) is 0.784. The molecule has 2 N–H and O–H groups in total. The number of carbonyl (C=O) groups excluding carboxylic acids is 1. The Bertz CT molecular complexity index is 482. The van der Waals surface area contributed by atoms with Gasteiger partial charge in [-0.2, -0.15) is 0 Å². The Kier molecular flexibility index (Phi) is 6.25. The van der Waals surface area contributed by atoms with E-state index in [4.69, 9.17) is 9.84 Å². The minimum Gasteiger partial charge on any atom is -0.497 e. The summed E-state index contributed by atoms with van der Waals surface area (Å²) < 4.78 is 5.16. The van der Waals surface area contributed by atoms with Crippen LogP contribution < -0.4 is 10.1 Å². The van der Waals surface area contributed by atoms with E-state index in [9.17, 15) is 4.79 Å². The summed E-state index contributed by atoms with van der Waals surface area (Å²) in [6.07, 6.45) is 1.56. The first kappa shape index (κ1) is 16.2. The van der Waals surface area contributed by atoms with Crippen LogP contribution in [0.2, 0.25) is 0 Å². The first-order valence-electron chi connectivity index (χ1n) is 6.72. The lowest BCUT2D eigenvalue weighted by Crippen LogP contribution is -2.37. The van der Waals surface area contributed by atoms with E-state index < -0.39 is 0 Å². The Hall–Kier alpha value is -1.81. The molecule has 0 heterocycles. The summed E-state index contributed by atoms with van der Waals surface area (Å²) in [7, 11) is 1.61.